The van der Waals surface area contributed by atoms with Crippen molar-refractivity contribution < 1.29 is 0 Å². The van der Waals surface area contributed by atoms with Crippen LogP contribution in [-0.2, 0) is 6.54 Å². The minimum absolute atomic E-state index is 0.332. The molecule has 0 radical (unpaired) electrons. The van der Waals surface area contributed by atoms with Gasteiger partial charge in [0, 0.05) is 25.0 Å². The third-order valence-corrected chi connectivity index (χ3v) is 3.80. The molecule has 1 unspecified atom stereocenters. The van der Waals surface area contributed by atoms with E-state index in [4.69, 9.17) is 0 Å². The average Bonchev–Trinajstić information content (AvgIpc) is 3.31. The number of hydrogen-bond donors (Lipinski definition) is 1. The molecule has 1 aromatic heterocycles. The Kier molecular flexibility index (Phi) is 3.60. The third kappa shape index (κ3) is 3.21. The van der Waals surface area contributed by atoms with Crippen molar-refractivity contribution in [2.24, 2.45) is 0 Å². The monoisotopic (exact) mass is 252 g/mol. The molecule has 0 spiro atoms. The number of hydrogen-bond acceptors (Lipinski definition) is 2. The molecule has 3 rings (SSSR count). The van der Waals surface area contributed by atoms with Crippen LogP contribution in [0.5, 0.6) is 0 Å². The maximum absolute atomic E-state index is 4.17. The molecule has 2 heteroatoms. The van der Waals surface area contributed by atoms with Crippen molar-refractivity contribution in [2.45, 2.75) is 38.3 Å². The lowest BCUT2D eigenvalue weighted by molar-refractivity contribution is 0.573. The second-order valence-corrected chi connectivity index (χ2v) is 5.41. The molecule has 0 amide bonds. The van der Waals surface area contributed by atoms with E-state index in [2.05, 4.69) is 47.6 Å². The van der Waals surface area contributed by atoms with Gasteiger partial charge in [-0.2, -0.15) is 0 Å². The average molecular weight is 252 g/mol. The highest BCUT2D eigenvalue weighted by molar-refractivity contribution is 5.29. The van der Waals surface area contributed by atoms with Crippen molar-refractivity contribution in [3.63, 3.8) is 0 Å². The molecule has 1 atom stereocenters. The van der Waals surface area contributed by atoms with Gasteiger partial charge in [0.25, 0.3) is 0 Å². The van der Waals surface area contributed by atoms with Gasteiger partial charge in [0.05, 0.1) is 0 Å². The molecule has 2 nitrogen and oxygen atoms in total. The molecule has 1 saturated carbocycles. The summed E-state index contributed by atoms with van der Waals surface area (Å²) in [4.78, 5) is 4.17. The first-order valence-electron chi connectivity index (χ1n) is 7.05. The van der Waals surface area contributed by atoms with E-state index in [1.165, 1.54) is 29.5 Å². The lowest BCUT2D eigenvalue weighted by Crippen LogP contribution is -2.18. The molecule has 1 fully saturated rings. The van der Waals surface area contributed by atoms with Crippen LogP contribution >= 0.6 is 0 Å². The molecule has 1 aliphatic rings. The number of nitrogens with zero attached hydrogens (tertiary/aromatic N) is 1. The molecule has 1 heterocycles. The molecule has 2 aromatic rings. The number of nitrogens with one attached hydrogen (secondary N) is 1. The van der Waals surface area contributed by atoms with Crippen LogP contribution in [0.25, 0.3) is 0 Å². The first-order valence-corrected chi connectivity index (χ1v) is 7.05. The van der Waals surface area contributed by atoms with Gasteiger partial charge >= 0.3 is 0 Å². The Morgan fingerprint density at radius 1 is 1.26 bits per heavy atom. The van der Waals surface area contributed by atoms with Gasteiger partial charge in [0.2, 0.25) is 0 Å². The zero-order chi connectivity index (χ0) is 13.1. The topological polar surface area (TPSA) is 24.9 Å². The second kappa shape index (κ2) is 5.54. The maximum atomic E-state index is 4.17. The Labute approximate surface area is 114 Å². The summed E-state index contributed by atoms with van der Waals surface area (Å²) < 4.78 is 0. The standard InChI is InChI=1S/C17H20N2/c1-13(17-6-3-9-18-12-17)19-11-14-4-2-5-16(10-14)15-7-8-15/h2-6,9-10,12-13,15,19H,7-8,11H2,1H3. The zero-order valence-corrected chi connectivity index (χ0v) is 11.3. The van der Waals surface area contributed by atoms with Gasteiger partial charge in [-0.05, 0) is 48.4 Å². The first-order chi connectivity index (χ1) is 9.33. The lowest BCUT2D eigenvalue weighted by atomic mass is 10.1. The summed E-state index contributed by atoms with van der Waals surface area (Å²) in [6, 6.07) is 13.4. The fourth-order valence-electron chi connectivity index (χ4n) is 2.39. The summed E-state index contributed by atoms with van der Waals surface area (Å²) >= 11 is 0. The van der Waals surface area contributed by atoms with Gasteiger partial charge < -0.3 is 5.32 Å². The van der Waals surface area contributed by atoms with Gasteiger partial charge in [0.1, 0.15) is 0 Å². The molecule has 1 aromatic carbocycles. The van der Waals surface area contributed by atoms with Crippen LogP contribution in [0.4, 0.5) is 0 Å². The van der Waals surface area contributed by atoms with E-state index in [0.29, 0.717) is 6.04 Å². The number of aromatic nitrogens is 1. The van der Waals surface area contributed by atoms with Crippen LogP contribution in [0.1, 0.15) is 48.4 Å². The highest BCUT2D eigenvalue weighted by Crippen LogP contribution is 2.40. The molecule has 0 aliphatic heterocycles. The summed E-state index contributed by atoms with van der Waals surface area (Å²) in [7, 11) is 0. The third-order valence-electron chi connectivity index (χ3n) is 3.80. The summed E-state index contributed by atoms with van der Waals surface area (Å²) in [6.07, 6.45) is 6.47. The number of pyridine rings is 1. The normalized spacial score (nSPS) is 16.3. The molecular formula is C17H20N2. The highest BCUT2D eigenvalue weighted by atomic mass is 14.9. The van der Waals surface area contributed by atoms with E-state index in [1.807, 2.05) is 18.5 Å². The largest absolute Gasteiger partial charge is 0.306 e. The van der Waals surface area contributed by atoms with Crippen molar-refractivity contribution >= 4 is 0 Å². The van der Waals surface area contributed by atoms with Crippen LogP contribution in [-0.4, -0.2) is 4.98 Å². The predicted octanol–water partition coefficient (Wildman–Crippen LogP) is 3.81. The van der Waals surface area contributed by atoms with E-state index in [1.54, 1.807) is 0 Å². The fraction of sp³-hybridized carbons (Fsp3) is 0.353. The van der Waals surface area contributed by atoms with Gasteiger partial charge in [-0.3, -0.25) is 4.98 Å². The fourth-order valence-corrected chi connectivity index (χ4v) is 2.39. The quantitative estimate of drug-likeness (QED) is 0.875. The van der Waals surface area contributed by atoms with Crippen molar-refractivity contribution in [1.82, 2.24) is 10.3 Å². The predicted molar refractivity (Wildman–Crippen MR) is 77.9 cm³/mol. The highest BCUT2D eigenvalue weighted by Gasteiger charge is 2.23. The SMILES string of the molecule is CC(NCc1cccc(C2CC2)c1)c1cccnc1. The molecule has 0 saturated heterocycles. The zero-order valence-electron chi connectivity index (χ0n) is 11.3. The van der Waals surface area contributed by atoms with Crippen LogP contribution in [0.3, 0.4) is 0 Å². The van der Waals surface area contributed by atoms with E-state index in [0.717, 1.165) is 12.5 Å². The Bertz CT molecular complexity index is 532. The molecule has 0 bridgehead atoms. The van der Waals surface area contributed by atoms with Crippen LogP contribution in [0.15, 0.2) is 48.8 Å². The van der Waals surface area contributed by atoms with Crippen molar-refractivity contribution in [2.75, 3.05) is 0 Å². The minimum Gasteiger partial charge on any atom is -0.306 e. The van der Waals surface area contributed by atoms with Gasteiger partial charge in [-0.25, -0.2) is 0 Å². The molecular weight excluding hydrogens is 232 g/mol. The van der Waals surface area contributed by atoms with E-state index < -0.39 is 0 Å². The van der Waals surface area contributed by atoms with Crippen molar-refractivity contribution in [3.8, 4) is 0 Å². The maximum Gasteiger partial charge on any atom is 0.0315 e. The van der Waals surface area contributed by atoms with Gasteiger partial charge in [-0.15, -0.1) is 0 Å². The summed E-state index contributed by atoms with van der Waals surface area (Å²) in [5, 5.41) is 3.56. The van der Waals surface area contributed by atoms with E-state index in [9.17, 15) is 0 Å². The molecule has 1 N–H and O–H groups in total. The Balaban J connectivity index is 1.61. The summed E-state index contributed by atoms with van der Waals surface area (Å²) in [5.41, 5.74) is 4.12. The minimum atomic E-state index is 0.332. The van der Waals surface area contributed by atoms with Crippen LogP contribution in [0.2, 0.25) is 0 Å². The van der Waals surface area contributed by atoms with Crippen LogP contribution < -0.4 is 5.32 Å². The number of benzene rings is 1. The molecule has 19 heavy (non-hydrogen) atoms. The Hall–Kier alpha value is -1.67. The number of rotatable bonds is 5. The smallest absolute Gasteiger partial charge is 0.0315 e. The second-order valence-electron chi connectivity index (χ2n) is 5.41. The van der Waals surface area contributed by atoms with Gasteiger partial charge in [-0.1, -0.05) is 30.3 Å². The molecule has 98 valence electrons. The first kappa shape index (κ1) is 12.4. The van der Waals surface area contributed by atoms with Crippen molar-refractivity contribution in [1.29, 1.82) is 0 Å². The molecule has 1 aliphatic carbocycles. The van der Waals surface area contributed by atoms with E-state index >= 15 is 0 Å². The summed E-state index contributed by atoms with van der Waals surface area (Å²) in [5.74, 6) is 0.829. The lowest BCUT2D eigenvalue weighted by Gasteiger charge is -2.14. The van der Waals surface area contributed by atoms with E-state index in [-0.39, 0.29) is 0 Å². The van der Waals surface area contributed by atoms with Crippen LogP contribution in [0, 0.1) is 0 Å². The Morgan fingerprint density at radius 3 is 2.89 bits per heavy atom. The Morgan fingerprint density at radius 2 is 2.16 bits per heavy atom. The summed E-state index contributed by atoms with van der Waals surface area (Å²) in [6.45, 7) is 3.10. The van der Waals surface area contributed by atoms with Gasteiger partial charge in [0.15, 0.2) is 0 Å². The van der Waals surface area contributed by atoms with Crippen molar-refractivity contribution in [3.05, 3.63) is 65.5 Å².